The molecule has 1 heterocycles. The van der Waals surface area contributed by atoms with Gasteiger partial charge in [-0.3, -0.25) is 9.59 Å². The Hall–Kier alpha value is -3.61. The molecule has 0 bridgehead atoms. The first kappa shape index (κ1) is 18.2. The lowest BCUT2D eigenvalue weighted by Gasteiger charge is -2.07. The second-order valence-electron chi connectivity index (χ2n) is 6.10. The number of carbonyl (C=O) groups is 2. The molecule has 3 aromatic rings. The number of nitrogens with one attached hydrogen (secondary N) is 1. The van der Waals surface area contributed by atoms with E-state index >= 15 is 0 Å². The number of aromatic nitrogens is 1. The highest BCUT2D eigenvalue weighted by molar-refractivity contribution is 6.01. The molecule has 0 atom stereocenters. The minimum Gasteiger partial charge on any atom is -0.496 e. The zero-order valence-corrected chi connectivity index (χ0v) is 15.1. The summed E-state index contributed by atoms with van der Waals surface area (Å²) in [6, 6.07) is 12.9. The van der Waals surface area contributed by atoms with E-state index in [2.05, 4.69) is 10.5 Å². The number of aryl methyl sites for hydroxylation is 1. The van der Waals surface area contributed by atoms with E-state index in [0.29, 0.717) is 11.3 Å². The fraction of sp³-hybridized carbons (Fsp3) is 0.150. The van der Waals surface area contributed by atoms with Crippen molar-refractivity contribution in [2.45, 2.75) is 13.5 Å². The second kappa shape index (κ2) is 7.74. The van der Waals surface area contributed by atoms with E-state index in [0.717, 1.165) is 22.0 Å². The topological polar surface area (TPSA) is 98.7 Å². The summed E-state index contributed by atoms with van der Waals surface area (Å²) in [5.41, 5.74) is 10.8. The van der Waals surface area contributed by atoms with Gasteiger partial charge in [0.2, 0.25) is 5.91 Å². The van der Waals surface area contributed by atoms with Crippen LogP contribution in [0.15, 0.2) is 53.8 Å². The van der Waals surface area contributed by atoms with Crippen molar-refractivity contribution in [2.75, 3.05) is 7.11 Å². The molecule has 27 heavy (non-hydrogen) atoms. The molecule has 0 spiro atoms. The zero-order chi connectivity index (χ0) is 19.4. The van der Waals surface area contributed by atoms with Crippen molar-refractivity contribution < 1.29 is 14.3 Å². The van der Waals surface area contributed by atoms with E-state index in [1.165, 1.54) is 7.11 Å². The third-order valence-electron chi connectivity index (χ3n) is 4.12. The van der Waals surface area contributed by atoms with Gasteiger partial charge in [0.25, 0.3) is 5.91 Å². The number of nitrogens with zero attached hydrogens (tertiary/aromatic N) is 2. The van der Waals surface area contributed by atoms with Gasteiger partial charge in [-0.25, -0.2) is 5.43 Å². The number of ether oxygens (including phenoxy) is 1. The second-order valence-corrected chi connectivity index (χ2v) is 6.10. The van der Waals surface area contributed by atoms with Gasteiger partial charge in [0.15, 0.2) is 0 Å². The molecule has 0 saturated heterocycles. The average Bonchev–Trinajstić information content (AvgIpc) is 2.98. The Kier molecular flexibility index (Phi) is 5.21. The predicted octanol–water partition coefficient (Wildman–Crippen LogP) is 2.21. The molecule has 7 nitrogen and oxygen atoms in total. The summed E-state index contributed by atoms with van der Waals surface area (Å²) in [7, 11) is 1.52. The zero-order valence-electron chi connectivity index (χ0n) is 15.1. The summed E-state index contributed by atoms with van der Waals surface area (Å²) >= 11 is 0. The average molecular weight is 364 g/mol. The standard InChI is InChI=1S/C20H20N4O3/c1-13-7-8-16(18(9-13)27-2)20(26)23-22-10-14-11-24(12-19(21)25)17-6-4-3-5-15(14)17/h3-11H,12H2,1-2H3,(H2,21,25)(H,23,26)/b22-10-. The quantitative estimate of drug-likeness (QED) is 0.518. The third kappa shape index (κ3) is 3.98. The van der Waals surface area contributed by atoms with Crippen LogP contribution in [-0.4, -0.2) is 29.7 Å². The number of fused-ring (bicyclic) bond motifs is 1. The van der Waals surface area contributed by atoms with E-state index in [-0.39, 0.29) is 12.5 Å². The van der Waals surface area contributed by atoms with Crippen LogP contribution < -0.4 is 15.9 Å². The minimum absolute atomic E-state index is 0.0707. The molecule has 3 rings (SSSR count). The van der Waals surface area contributed by atoms with Crippen molar-refractivity contribution in [3.05, 3.63) is 65.4 Å². The Morgan fingerprint density at radius 1 is 1.26 bits per heavy atom. The van der Waals surface area contributed by atoms with Crippen LogP contribution >= 0.6 is 0 Å². The van der Waals surface area contributed by atoms with Crippen molar-refractivity contribution in [1.82, 2.24) is 9.99 Å². The van der Waals surface area contributed by atoms with Gasteiger partial charge in [-0.05, 0) is 30.7 Å². The van der Waals surface area contributed by atoms with Crippen molar-refractivity contribution in [1.29, 1.82) is 0 Å². The maximum Gasteiger partial charge on any atom is 0.275 e. The highest BCUT2D eigenvalue weighted by Gasteiger charge is 2.12. The molecule has 138 valence electrons. The molecule has 0 saturated carbocycles. The van der Waals surface area contributed by atoms with Gasteiger partial charge in [-0.1, -0.05) is 24.3 Å². The third-order valence-corrected chi connectivity index (χ3v) is 4.12. The summed E-state index contributed by atoms with van der Waals surface area (Å²) in [4.78, 5) is 23.6. The Balaban J connectivity index is 1.83. The van der Waals surface area contributed by atoms with Crippen molar-refractivity contribution in [3.8, 4) is 5.75 Å². The largest absolute Gasteiger partial charge is 0.496 e. The van der Waals surface area contributed by atoms with Gasteiger partial charge in [-0.2, -0.15) is 5.10 Å². The molecule has 0 unspecified atom stereocenters. The Bertz CT molecular complexity index is 1040. The molecular weight excluding hydrogens is 344 g/mol. The van der Waals surface area contributed by atoms with E-state index in [4.69, 9.17) is 10.5 Å². The number of primary amides is 1. The fourth-order valence-electron chi connectivity index (χ4n) is 2.88. The molecule has 0 aliphatic heterocycles. The number of benzene rings is 2. The van der Waals surface area contributed by atoms with Crippen molar-refractivity contribution in [3.63, 3.8) is 0 Å². The van der Waals surface area contributed by atoms with Crippen LogP contribution in [0.2, 0.25) is 0 Å². The molecular formula is C20H20N4O3. The normalized spacial score (nSPS) is 11.0. The predicted molar refractivity (Wildman–Crippen MR) is 104 cm³/mol. The first-order valence-electron chi connectivity index (χ1n) is 8.34. The van der Waals surface area contributed by atoms with Gasteiger partial charge in [0.1, 0.15) is 12.3 Å². The first-order valence-corrected chi connectivity index (χ1v) is 8.34. The van der Waals surface area contributed by atoms with Gasteiger partial charge < -0.3 is 15.0 Å². The number of hydrogen-bond acceptors (Lipinski definition) is 4. The van der Waals surface area contributed by atoms with Crippen LogP contribution in [-0.2, 0) is 11.3 Å². The van der Waals surface area contributed by atoms with Crippen LogP contribution in [0.3, 0.4) is 0 Å². The number of carbonyl (C=O) groups excluding carboxylic acids is 2. The maximum absolute atomic E-state index is 12.4. The van der Waals surface area contributed by atoms with Gasteiger partial charge in [-0.15, -0.1) is 0 Å². The number of hydrogen-bond donors (Lipinski definition) is 2. The summed E-state index contributed by atoms with van der Waals surface area (Å²) in [5.74, 6) is -0.316. The number of amides is 2. The Morgan fingerprint density at radius 3 is 2.78 bits per heavy atom. The highest BCUT2D eigenvalue weighted by atomic mass is 16.5. The summed E-state index contributed by atoms with van der Waals surface area (Å²) in [6.07, 6.45) is 3.32. The Morgan fingerprint density at radius 2 is 2.04 bits per heavy atom. The summed E-state index contributed by atoms with van der Waals surface area (Å²) in [5, 5.41) is 4.96. The van der Waals surface area contributed by atoms with Crippen LogP contribution in [0.4, 0.5) is 0 Å². The maximum atomic E-state index is 12.4. The molecule has 0 aliphatic carbocycles. The van der Waals surface area contributed by atoms with Gasteiger partial charge in [0, 0.05) is 22.7 Å². The van der Waals surface area contributed by atoms with E-state index in [9.17, 15) is 9.59 Å². The van der Waals surface area contributed by atoms with Crippen LogP contribution in [0.1, 0.15) is 21.5 Å². The SMILES string of the molecule is COc1cc(C)ccc1C(=O)N/N=C\c1cn(CC(N)=O)c2ccccc12. The van der Waals surface area contributed by atoms with Crippen molar-refractivity contribution in [2.24, 2.45) is 10.8 Å². The number of rotatable bonds is 6. The molecule has 3 N–H and O–H groups in total. The summed E-state index contributed by atoms with van der Waals surface area (Å²) in [6.45, 7) is 1.99. The molecule has 2 amide bonds. The molecule has 0 aliphatic rings. The minimum atomic E-state index is -0.431. The molecule has 1 aromatic heterocycles. The molecule has 0 radical (unpaired) electrons. The monoisotopic (exact) mass is 364 g/mol. The number of para-hydroxylation sites is 1. The van der Waals surface area contributed by atoms with E-state index in [1.807, 2.05) is 37.3 Å². The van der Waals surface area contributed by atoms with Crippen LogP contribution in [0.5, 0.6) is 5.75 Å². The van der Waals surface area contributed by atoms with Crippen LogP contribution in [0.25, 0.3) is 10.9 Å². The lowest BCUT2D eigenvalue weighted by molar-refractivity contribution is -0.118. The Labute approximate surface area is 156 Å². The van der Waals surface area contributed by atoms with E-state index in [1.54, 1.807) is 29.1 Å². The molecule has 0 fully saturated rings. The van der Waals surface area contributed by atoms with E-state index < -0.39 is 5.91 Å². The smallest absolute Gasteiger partial charge is 0.275 e. The summed E-state index contributed by atoms with van der Waals surface area (Å²) < 4.78 is 7.00. The van der Waals surface area contributed by atoms with Crippen LogP contribution in [0, 0.1) is 6.92 Å². The lowest BCUT2D eigenvalue weighted by Crippen LogP contribution is -2.18. The fourth-order valence-corrected chi connectivity index (χ4v) is 2.88. The highest BCUT2D eigenvalue weighted by Crippen LogP contribution is 2.21. The van der Waals surface area contributed by atoms with Gasteiger partial charge >= 0.3 is 0 Å². The number of hydrazone groups is 1. The first-order chi connectivity index (χ1) is 13.0. The number of methoxy groups -OCH3 is 1. The molecule has 2 aromatic carbocycles. The molecule has 7 heteroatoms. The number of nitrogens with two attached hydrogens (primary N) is 1. The van der Waals surface area contributed by atoms with Crippen molar-refractivity contribution >= 4 is 28.9 Å². The lowest BCUT2D eigenvalue weighted by atomic mass is 10.1. The van der Waals surface area contributed by atoms with Gasteiger partial charge in [0.05, 0.1) is 18.9 Å².